The molecule has 1 N–H and O–H groups in total. The molecule has 0 aliphatic heterocycles. The van der Waals surface area contributed by atoms with Gasteiger partial charge in [0.25, 0.3) is 0 Å². The molecule has 0 fully saturated rings. The van der Waals surface area contributed by atoms with Crippen molar-refractivity contribution in [3.8, 4) is 6.07 Å². The maximum absolute atomic E-state index is 9.11. The van der Waals surface area contributed by atoms with Crippen molar-refractivity contribution in [3.63, 3.8) is 0 Å². The van der Waals surface area contributed by atoms with Crippen LogP contribution in [0.5, 0.6) is 0 Å². The Balaban J connectivity index is 2.36. The van der Waals surface area contributed by atoms with E-state index in [2.05, 4.69) is 26.5 Å². The predicted octanol–water partition coefficient (Wildman–Crippen LogP) is 1.55. The third-order valence-corrected chi connectivity index (χ3v) is 2.78. The summed E-state index contributed by atoms with van der Waals surface area (Å²) < 4.78 is 1.67. The molecule has 0 amide bonds. The van der Waals surface area contributed by atoms with Crippen molar-refractivity contribution in [2.24, 2.45) is 7.05 Å². The van der Waals surface area contributed by atoms with Crippen LogP contribution >= 0.6 is 11.8 Å². The number of aryl methyl sites for hydroxylation is 1. The molecule has 0 aliphatic rings. The fraction of sp³-hybridized carbons (Fsp3) is 0.200. The lowest BCUT2D eigenvalue weighted by atomic mass is 10.3. The average molecular weight is 246 g/mol. The summed E-state index contributed by atoms with van der Waals surface area (Å²) >= 11 is 1.42. The van der Waals surface area contributed by atoms with Gasteiger partial charge >= 0.3 is 0 Å². The van der Waals surface area contributed by atoms with E-state index in [0.717, 1.165) is 5.69 Å². The Hall–Kier alpha value is -2.07. The smallest absolute Gasteiger partial charge is 0.153 e. The molecule has 2 rings (SSSR count). The van der Waals surface area contributed by atoms with Gasteiger partial charge in [0.1, 0.15) is 23.0 Å². The number of hydrogen-bond donors (Lipinski definition) is 1. The summed E-state index contributed by atoms with van der Waals surface area (Å²) in [5.74, 6) is 0.500. The van der Waals surface area contributed by atoms with E-state index in [1.165, 1.54) is 18.1 Å². The van der Waals surface area contributed by atoms with Gasteiger partial charge in [-0.05, 0) is 6.26 Å². The second-order valence-corrected chi connectivity index (χ2v) is 4.04. The monoisotopic (exact) mass is 246 g/mol. The van der Waals surface area contributed by atoms with Gasteiger partial charge < -0.3 is 5.32 Å². The first-order valence-corrected chi connectivity index (χ1v) is 6.02. The second kappa shape index (κ2) is 4.84. The van der Waals surface area contributed by atoms with Crippen LogP contribution in [0.1, 0.15) is 5.56 Å². The Morgan fingerprint density at radius 3 is 2.88 bits per heavy atom. The number of rotatable bonds is 3. The number of anilines is 2. The first-order valence-electron chi connectivity index (χ1n) is 4.79. The Kier molecular flexibility index (Phi) is 3.25. The largest absolute Gasteiger partial charge is 0.336 e. The Morgan fingerprint density at radius 2 is 2.29 bits per heavy atom. The van der Waals surface area contributed by atoms with Gasteiger partial charge in [0, 0.05) is 13.2 Å². The zero-order chi connectivity index (χ0) is 12.3. The topological polar surface area (TPSA) is 79.4 Å². The van der Waals surface area contributed by atoms with Crippen LogP contribution in [0.2, 0.25) is 0 Å². The number of aromatic nitrogens is 4. The lowest BCUT2D eigenvalue weighted by molar-refractivity contribution is 0.768. The zero-order valence-electron chi connectivity index (χ0n) is 9.38. The van der Waals surface area contributed by atoms with E-state index in [0.29, 0.717) is 16.4 Å². The molecule has 0 saturated carbocycles. The first kappa shape index (κ1) is 11.4. The summed E-state index contributed by atoms with van der Waals surface area (Å²) in [6.45, 7) is 0. The van der Waals surface area contributed by atoms with Crippen LogP contribution in [0.25, 0.3) is 0 Å². The molecule has 7 heteroatoms. The molecule has 2 aromatic rings. The number of nitrogens with zero attached hydrogens (tertiary/aromatic N) is 5. The van der Waals surface area contributed by atoms with Crippen LogP contribution in [-0.4, -0.2) is 26.0 Å². The van der Waals surface area contributed by atoms with Gasteiger partial charge in [-0.2, -0.15) is 10.4 Å². The Morgan fingerprint density at radius 1 is 1.47 bits per heavy atom. The molecule has 86 valence electrons. The molecule has 0 bridgehead atoms. The summed E-state index contributed by atoms with van der Waals surface area (Å²) in [5, 5.41) is 16.9. The van der Waals surface area contributed by atoms with Crippen molar-refractivity contribution >= 4 is 23.3 Å². The third kappa shape index (κ3) is 2.37. The van der Waals surface area contributed by atoms with Gasteiger partial charge in [0.2, 0.25) is 0 Å². The molecule has 0 unspecified atom stereocenters. The number of nitriles is 1. The van der Waals surface area contributed by atoms with Gasteiger partial charge in [0.15, 0.2) is 5.82 Å². The maximum atomic E-state index is 9.11. The summed E-state index contributed by atoms with van der Waals surface area (Å²) in [5.41, 5.74) is 1.23. The minimum atomic E-state index is 0.448. The number of hydrogen-bond acceptors (Lipinski definition) is 6. The number of nitrogens with one attached hydrogen (secondary N) is 1. The van der Waals surface area contributed by atoms with Gasteiger partial charge in [-0.15, -0.1) is 11.8 Å². The van der Waals surface area contributed by atoms with Crippen molar-refractivity contribution < 1.29 is 0 Å². The van der Waals surface area contributed by atoms with Gasteiger partial charge in [0.05, 0.1) is 11.9 Å². The third-order valence-electron chi connectivity index (χ3n) is 2.09. The maximum Gasteiger partial charge on any atom is 0.153 e. The second-order valence-electron chi connectivity index (χ2n) is 3.25. The quantitative estimate of drug-likeness (QED) is 0.653. The fourth-order valence-electron chi connectivity index (χ4n) is 1.34. The molecular formula is C10H10N6S. The van der Waals surface area contributed by atoms with Gasteiger partial charge in [-0.25, -0.2) is 9.97 Å². The highest BCUT2D eigenvalue weighted by Gasteiger charge is 2.10. The standard InChI is InChI=1S/C10H10N6S/c1-16-5-7(4-14-16)15-9-8(3-11)10(17-2)13-6-12-9/h4-6H,1-2H3,(H,12,13,15). The summed E-state index contributed by atoms with van der Waals surface area (Å²) in [6, 6.07) is 2.11. The SMILES string of the molecule is CSc1ncnc(Nc2cnn(C)c2)c1C#N. The van der Waals surface area contributed by atoms with Crippen LogP contribution in [0.4, 0.5) is 11.5 Å². The predicted molar refractivity (Wildman–Crippen MR) is 65.0 cm³/mol. The van der Waals surface area contributed by atoms with Crippen LogP contribution in [-0.2, 0) is 7.05 Å². The highest BCUT2D eigenvalue weighted by atomic mass is 32.2. The van der Waals surface area contributed by atoms with E-state index in [1.807, 2.05) is 19.5 Å². The van der Waals surface area contributed by atoms with Gasteiger partial charge in [-0.3, -0.25) is 4.68 Å². The summed E-state index contributed by atoms with van der Waals surface area (Å²) in [7, 11) is 1.82. The zero-order valence-corrected chi connectivity index (χ0v) is 10.2. The van der Waals surface area contributed by atoms with Crippen molar-refractivity contribution in [1.82, 2.24) is 19.7 Å². The van der Waals surface area contributed by atoms with Crippen LogP contribution in [0, 0.1) is 11.3 Å². The Bertz CT molecular complexity index is 570. The minimum absolute atomic E-state index is 0.448. The average Bonchev–Trinajstić information content (AvgIpc) is 2.74. The molecular weight excluding hydrogens is 236 g/mol. The highest BCUT2D eigenvalue weighted by Crippen LogP contribution is 2.24. The van der Waals surface area contributed by atoms with Crippen LogP contribution < -0.4 is 5.32 Å². The molecule has 17 heavy (non-hydrogen) atoms. The van der Waals surface area contributed by atoms with E-state index in [1.54, 1.807) is 10.9 Å². The fourth-order valence-corrected chi connectivity index (χ4v) is 1.84. The molecule has 0 atom stereocenters. The molecule has 2 aromatic heterocycles. The Labute approximate surface area is 103 Å². The van der Waals surface area contributed by atoms with E-state index in [9.17, 15) is 0 Å². The van der Waals surface area contributed by atoms with E-state index in [4.69, 9.17) is 5.26 Å². The normalized spacial score (nSPS) is 9.94. The van der Waals surface area contributed by atoms with Crippen LogP contribution in [0.15, 0.2) is 23.7 Å². The lowest BCUT2D eigenvalue weighted by Crippen LogP contribution is -1.99. The van der Waals surface area contributed by atoms with Crippen molar-refractivity contribution in [2.45, 2.75) is 5.03 Å². The molecule has 2 heterocycles. The van der Waals surface area contributed by atoms with Crippen molar-refractivity contribution in [3.05, 3.63) is 24.3 Å². The molecule has 0 aromatic carbocycles. The molecule has 0 aliphatic carbocycles. The van der Waals surface area contributed by atoms with Crippen LogP contribution in [0.3, 0.4) is 0 Å². The molecule has 0 radical (unpaired) electrons. The van der Waals surface area contributed by atoms with E-state index < -0.39 is 0 Å². The first-order chi connectivity index (χ1) is 8.24. The van der Waals surface area contributed by atoms with E-state index in [-0.39, 0.29) is 0 Å². The molecule has 6 nitrogen and oxygen atoms in total. The number of thioether (sulfide) groups is 1. The summed E-state index contributed by atoms with van der Waals surface area (Å²) in [4.78, 5) is 8.11. The lowest BCUT2D eigenvalue weighted by Gasteiger charge is -2.06. The molecule has 0 saturated heterocycles. The van der Waals surface area contributed by atoms with Crippen molar-refractivity contribution in [2.75, 3.05) is 11.6 Å². The van der Waals surface area contributed by atoms with Crippen molar-refractivity contribution in [1.29, 1.82) is 5.26 Å². The molecule has 0 spiro atoms. The highest BCUT2D eigenvalue weighted by molar-refractivity contribution is 7.98. The minimum Gasteiger partial charge on any atom is -0.336 e. The van der Waals surface area contributed by atoms with Gasteiger partial charge in [-0.1, -0.05) is 0 Å². The van der Waals surface area contributed by atoms with E-state index >= 15 is 0 Å². The summed E-state index contributed by atoms with van der Waals surface area (Å²) in [6.07, 6.45) is 6.78.